The Labute approximate surface area is 217 Å². The highest BCUT2D eigenvalue weighted by atomic mass is 35.5. The number of aryl methyl sites for hydroxylation is 1. The molecule has 10 heteroatoms. The zero-order valence-corrected chi connectivity index (χ0v) is 21.2. The number of rotatable bonds is 7. The van der Waals surface area contributed by atoms with Gasteiger partial charge in [-0.3, -0.25) is 24.4 Å². The number of carbonyl (C=O) groups is 2. The van der Waals surface area contributed by atoms with Crippen molar-refractivity contribution in [1.29, 1.82) is 0 Å². The average Bonchev–Trinajstić information content (AvgIpc) is 3.56. The van der Waals surface area contributed by atoms with Crippen molar-refractivity contribution >= 4 is 46.3 Å². The van der Waals surface area contributed by atoms with E-state index < -0.39 is 17.4 Å². The number of hydrogen-bond acceptors (Lipinski definition) is 4. The van der Waals surface area contributed by atoms with Crippen LogP contribution in [-0.2, 0) is 20.7 Å². The number of aromatic nitrogens is 3. The summed E-state index contributed by atoms with van der Waals surface area (Å²) in [6.45, 7) is 2.73. The Kier molecular flexibility index (Phi) is 6.83. The van der Waals surface area contributed by atoms with Crippen LogP contribution in [0.4, 0.5) is 0 Å². The second kappa shape index (κ2) is 10.0. The van der Waals surface area contributed by atoms with Crippen LogP contribution in [0.1, 0.15) is 37.4 Å². The van der Waals surface area contributed by atoms with Crippen molar-refractivity contribution in [1.82, 2.24) is 14.7 Å². The molecule has 3 aromatic rings. The molecule has 2 aliphatic heterocycles. The summed E-state index contributed by atoms with van der Waals surface area (Å²) in [5, 5.41) is 3.80. The van der Waals surface area contributed by atoms with Gasteiger partial charge in [0.05, 0.1) is 33.9 Å². The number of aromatic amines is 1. The number of nitrogens with one attached hydrogen (secondary N) is 1. The molecule has 2 aliphatic rings. The molecule has 2 amide bonds. The Morgan fingerprint density at radius 3 is 2.53 bits per heavy atom. The molecule has 1 unspecified atom stereocenters. The smallest absolute Gasteiger partial charge is 0.327 e. The third-order valence-electron chi connectivity index (χ3n) is 6.40. The molecule has 1 N–H and O–H groups in total. The molecule has 5 rings (SSSR count). The number of benzene rings is 1. The zero-order valence-electron chi connectivity index (χ0n) is 19.7. The highest BCUT2D eigenvalue weighted by Crippen LogP contribution is 2.32. The molecule has 2 aromatic heterocycles. The van der Waals surface area contributed by atoms with Gasteiger partial charge in [0.1, 0.15) is 5.57 Å². The van der Waals surface area contributed by atoms with Crippen LogP contribution < -0.4 is 10.1 Å². The lowest BCUT2D eigenvalue weighted by Crippen LogP contribution is -2.42. The topological polar surface area (TPSA) is 88.3 Å². The van der Waals surface area contributed by atoms with E-state index in [1.54, 1.807) is 47.3 Å². The SMILES string of the molecule is CCCc1[nH]n(-c2ccc(Cl)c(Cl)c2)c(=O)c1C1=C([n+]2ccccc2)C(=O)N(CC2CCCO2)C1=O. The van der Waals surface area contributed by atoms with Gasteiger partial charge in [-0.15, -0.1) is 0 Å². The molecule has 0 spiro atoms. The lowest BCUT2D eigenvalue weighted by atomic mass is 10.0. The van der Waals surface area contributed by atoms with Crippen LogP contribution in [0.15, 0.2) is 53.6 Å². The lowest BCUT2D eigenvalue weighted by Gasteiger charge is -2.18. The second-order valence-corrected chi connectivity index (χ2v) is 9.63. The van der Waals surface area contributed by atoms with Gasteiger partial charge in [0.15, 0.2) is 12.4 Å². The first-order chi connectivity index (χ1) is 17.4. The van der Waals surface area contributed by atoms with Crippen LogP contribution in [0.3, 0.4) is 0 Å². The van der Waals surface area contributed by atoms with E-state index in [2.05, 4.69) is 5.10 Å². The van der Waals surface area contributed by atoms with E-state index in [1.807, 2.05) is 13.0 Å². The molecule has 0 aliphatic carbocycles. The number of H-pyrrole nitrogens is 1. The molecule has 1 saturated heterocycles. The molecule has 1 aromatic carbocycles. The minimum Gasteiger partial charge on any atom is -0.376 e. The minimum atomic E-state index is -0.503. The molecule has 186 valence electrons. The predicted molar refractivity (Wildman–Crippen MR) is 136 cm³/mol. The van der Waals surface area contributed by atoms with Gasteiger partial charge in [0, 0.05) is 24.4 Å². The average molecular weight is 528 g/mol. The van der Waals surface area contributed by atoms with E-state index in [0.29, 0.717) is 34.5 Å². The van der Waals surface area contributed by atoms with Crippen molar-refractivity contribution in [2.75, 3.05) is 13.2 Å². The summed E-state index contributed by atoms with van der Waals surface area (Å²) >= 11 is 12.3. The predicted octanol–water partition coefficient (Wildman–Crippen LogP) is 3.63. The summed E-state index contributed by atoms with van der Waals surface area (Å²) in [5.41, 5.74) is 1.01. The van der Waals surface area contributed by atoms with Gasteiger partial charge in [-0.1, -0.05) is 42.6 Å². The van der Waals surface area contributed by atoms with Crippen LogP contribution in [0.25, 0.3) is 17.0 Å². The largest absolute Gasteiger partial charge is 0.376 e. The highest BCUT2D eigenvalue weighted by molar-refractivity contribution is 6.44. The van der Waals surface area contributed by atoms with Crippen molar-refractivity contribution in [3.63, 3.8) is 0 Å². The van der Waals surface area contributed by atoms with E-state index >= 15 is 0 Å². The van der Waals surface area contributed by atoms with Gasteiger partial charge in [-0.05, 0) is 37.5 Å². The third kappa shape index (κ3) is 4.30. The lowest BCUT2D eigenvalue weighted by molar-refractivity contribution is -0.576. The molecule has 0 bridgehead atoms. The fraction of sp³-hybridized carbons (Fsp3) is 0.308. The fourth-order valence-electron chi connectivity index (χ4n) is 4.71. The number of hydrogen-bond donors (Lipinski definition) is 1. The summed E-state index contributed by atoms with van der Waals surface area (Å²) in [4.78, 5) is 42.5. The minimum absolute atomic E-state index is 0.0812. The van der Waals surface area contributed by atoms with Crippen molar-refractivity contribution in [3.05, 3.63) is 80.4 Å². The maximum absolute atomic E-state index is 13.8. The Morgan fingerprint density at radius 1 is 1.08 bits per heavy atom. The van der Waals surface area contributed by atoms with E-state index in [-0.39, 0.29) is 29.5 Å². The first-order valence-electron chi connectivity index (χ1n) is 11.9. The molecule has 1 atom stereocenters. The van der Waals surface area contributed by atoms with Gasteiger partial charge in [-0.25, -0.2) is 4.68 Å². The van der Waals surface area contributed by atoms with Gasteiger partial charge in [-0.2, -0.15) is 4.57 Å². The standard InChI is InChI=1S/C26H24Cl2N4O4/c1-2-7-20-21(25(34)32(29-20)16-9-10-18(27)19(28)14-16)22-23(30-11-4-3-5-12-30)26(35)31(24(22)33)15-17-8-6-13-36-17/h3-5,9-12,14,17H,2,6-8,13,15H2,1H3/p+1. The normalized spacial score (nSPS) is 18.1. The van der Waals surface area contributed by atoms with Gasteiger partial charge in [0.2, 0.25) is 0 Å². The van der Waals surface area contributed by atoms with Crippen LogP contribution in [0.2, 0.25) is 10.0 Å². The molecular weight excluding hydrogens is 503 g/mol. The molecule has 0 saturated carbocycles. The third-order valence-corrected chi connectivity index (χ3v) is 7.14. The van der Waals surface area contributed by atoms with Gasteiger partial charge in [0.25, 0.3) is 17.2 Å². The molecule has 8 nitrogen and oxygen atoms in total. The number of nitrogens with zero attached hydrogens (tertiary/aromatic N) is 3. The van der Waals surface area contributed by atoms with E-state index in [9.17, 15) is 14.4 Å². The second-order valence-electron chi connectivity index (χ2n) is 8.82. The number of imide groups is 1. The summed E-state index contributed by atoms with van der Waals surface area (Å²) in [5.74, 6) is -0.956. The van der Waals surface area contributed by atoms with Gasteiger partial charge >= 0.3 is 5.91 Å². The van der Waals surface area contributed by atoms with Crippen LogP contribution in [0, 0.1) is 0 Å². The molecule has 0 radical (unpaired) electrons. The van der Waals surface area contributed by atoms with Crippen LogP contribution in [0.5, 0.6) is 0 Å². The molecule has 36 heavy (non-hydrogen) atoms. The number of halogens is 2. The van der Waals surface area contributed by atoms with Crippen LogP contribution >= 0.6 is 23.2 Å². The summed E-state index contributed by atoms with van der Waals surface area (Å²) in [6.07, 6.45) is 6.05. The first-order valence-corrected chi connectivity index (χ1v) is 12.6. The van der Waals surface area contributed by atoms with Crippen molar-refractivity contribution in [2.24, 2.45) is 0 Å². The van der Waals surface area contributed by atoms with Crippen molar-refractivity contribution < 1.29 is 18.9 Å². The Balaban J connectivity index is 1.70. The van der Waals surface area contributed by atoms with Gasteiger partial charge < -0.3 is 4.74 Å². The Hall–Kier alpha value is -3.20. The number of amides is 2. The number of carbonyl (C=O) groups excluding carboxylic acids is 2. The maximum Gasteiger partial charge on any atom is 0.327 e. The van der Waals surface area contributed by atoms with E-state index in [1.165, 1.54) is 9.58 Å². The Morgan fingerprint density at radius 2 is 1.86 bits per heavy atom. The molecule has 1 fully saturated rings. The number of ether oxygens (including phenoxy) is 1. The highest BCUT2D eigenvalue weighted by Gasteiger charge is 2.48. The quantitative estimate of drug-likeness (QED) is 0.375. The fourth-order valence-corrected chi connectivity index (χ4v) is 5.00. The maximum atomic E-state index is 13.8. The summed E-state index contributed by atoms with van der Waals surface area (Å²) in [6, 6.07) is 10.2. The van der Waals surface area contributed by atoms with Crippen molar-refractivity contribution in [3.8, 4) is 5.69 Å². The monoisotopic (exact) mass is 527 g/mol. The molecule has 4 heterocycles. The first kappa shape index (κ1) is 24.5. The molecular formula is C26H25Cl2N4O4+. The van der Waals surface area contributed by atoms with Crippen LogP contribution in [-0.4, -0.2) is 45.8 Å². The zero-order chi connectivity index (χ0) is 25.4. The Bertz CT molecular complexity index is 1420. The number of pyridine rings is 1. The summed E-state index contributed by atoms with van der Waals surface area (Å²) < 4.78 is 8.63. The van der Waals surface area contributed by atoms with E-state index in [4.69, 9.17) is 27.9 Å². The van der Waals surface area contributed by atoms with E-state index in [0.717, 1.165) is 19.3 Å². The summed E-state index contributed by atoms with van der Waals surface area (Å²) in [7, 11) is 0. The van der Waals surface area contributed by atoms with Crippen molar-refractivity contribution in [2.45, 2.75) is 38.7 Å².